The first-order valence-corrected chi connectivity index (χ1v) is 7.03. The Balaban J connectivity index is 2.87. The molecule has 1 aromatic carbocycles. The van der Waals surface area contributed by atoms with Gasteiger partial charge in [0, 0.05) is 6.61 Å². The van der Waals surface area contributed by atoms with Crippen molar-refractivity contribution in [1.29, 1.82) is 0 Å². The summed E-state index contributed by atoms with van der Waals surface area (Å²) >= 11 is 0. The average Bonchev–Trinajstić information content (AvgIpc) is 2.44. The zero-order chi connectivity index (χ0) is 16.1. The summed E-state index contributed by atoms with van der Waals surface area (Å²) in [5.41, 5.74) is 2.39. The molecule has 21 heavy (non-hydrogen) atoms. The van der Waals surface area contributed by atoms with Crippen molar-refractivity contribution < 1.29 is 17.9 Å². The summed E-state index contributed by atoms with van der Waals surface area (Å²) in [5, 5.41) is 0. The molecule has 0 aromatic heterocycles. The Kier molecular flexibility index (Phi) is 6.19. The number of ether oxygens (including phenoxy) is 1. The van der Waals surface area contributed by atoms with Gasteiger partial charge in [-0.2, -0.15) is 13.2 Å². The second-order valence-corrected chi connectivity index (χ2v) is 5.22. The molecule has 0 bridgehead atoms. The fourth-order valence-electron chi connectivity index (χ4n) is 2.30. The molecule has 0 fully saturated rings. The summed E-state index contributed by atoms with van der Waals surface area (Å²) in [4.78, 5) is 0. The van der Waals surface area contributed by atoms with Crippen molar-refractivity contribution in [3.05, 3.63) is 35.4 Å². The van der Waals surface area contributed by atoms with Crippen LogP contribution in [0.4, 0.5) is 13.2 Å². The monoisotopic (exact) mass is 304 g/mol. The standard InChI is InChI=1S/C15H23F3N2O/c1-4-14(3,21-5-2)13(20-19)10-11-6-8-12(9-7-11)15(16,17)18/h6-9,13,20H,4-5,10,19H2,1-3H3. The quantitative estimate of drug-likeness (QED) is 0.600. The van der Waals surface area contributed by atoms with Gasteiger partial charge in [0.25, 0.3) is 0 Å². The summed E-state index contributed by atoms with van der Waals surface area (Å²) in [5.74, 6) is 5.60. The van der Waals surface area contributed by atoms with E-state index in [1.54, 1.807) is 0 Å². The largest absolute Gasteiger partial charge is 0.416 e. The van der Waals surface area contributed by atoms with Crippen LogP contribution in [0.15, 0.2) is 24.3 Å². The Morgan fingerprint density at radius 1 is 1.19 bits per heavy atom. The van der Waals surface area contributed by atoms with Crippen molar-refractivity contribution in [2.24, 2.45) is 5.84 Å². The number of halogens is 3. The van der Waals surface area contributed by atoms with Crippen LogP contribution in [0.2, 0.25) is 0 Å². The molecule has 1 aromatic rings. The molecule has 0 saturated carbocycles. The van der Waals surface area contributed by atoms with Gasteiger partial charge in [-0.05, 0) is 44.4 Å². The van der Waals surface area contributed by atoms with Gasteiger partial charge in [0.05, 0.1) is 17.2 Å². The number of hydrazine groups is 1. The highest BCUT2D eigenvalue weighted by Crippen LogP contribution is 2.30. The first-order chi connectivity index (χ1) is 9.76. The lowest BCUT2D eigenvalue weighted by molar-refractivity contribution is -0.137. The van der Waals surface area contributed by atoms with Gasteiger partial charge in [0.1, 0.15) is 0 Å². The van der Waals surface area contributed by atoms with Crippen LogP contribution >= 0.6 is 0 Å². The first-order valence-electron chi connectivity index (χ1n) is 7.03. The molecule has 0 heterocycles. The second-order valence-electron chi connectivity index (χ2n) is 5.22. The molecule has 2 atom stereocenters. The van der Waals surface area contributed by atoms with Crippen molar-refractivity contribution in [3.8, 4) is 0 Å². The van der Waals surface area contributed by atoms with Crippen molar-refractivity contribution >= 4 is 0 Å². The van der Waals surface area contributed by atoms with Crippen LogP contribution in [-0.2, 0) is 17.3 Å². The first kappa shape index (κ1) is 17.9. The molecule has 0 spiro atoms. The number of nitrogens with one attached hydrogen (secondary N) is 1. The minimum Gasteiger partial charge on any atom is -0.374 e. The third-order valence-electron chi connectivity index (χ3n) is 3.84. The van der Waals surface area contributed by atoms with Crippen LogP contribution in [0.3, 0.4) is 0 Å². The van der Waals surface area contributed by atoms with E-state index in [1.807, 2.05) is 20.8 Å². The summed E-state index contributed by atoms with van der Waals surface area (Å²) in [6.07, 6.45) is -3.07. The molecule has 0 aliphatic rings. The normalized spacial score (nSPS) is 16.5. The molecule has 3 nitrogen and oxygen atoms in total. The molecule has 3 N–H and O–H groups in total. The van der Waals surface area contributed by atoms with Gasteiger partial charge in [0.15, 0.2) is 0 Å². The topological polar surface area (TPSA) is 47.3 Å². The minimum absolute atomic E-state index is 0.181. The molecule has 1 rings (SSSR count). The van der Waals surface area contributed by atoms with Gasteiger partial charge in [-0.15, -0.1) is 0 Å². The van der Waals surface area contributed by atoms with Gasteiger partial charge >= 0.3 is 6.18 Å². The van der Waals surface area contributed by atoms with Gasteiger partial charge in [-0.1, -0.05) is 19.1 Å². The van der Waals surface area contributed by atoms with E-state index in [9.17, 15) is 13.2 Å². The van der Waals surface area contributed by atoms with Crippen LogP contribution in [0.1, 0.15) is 38.3 Å². The third-order valence-corrected chi connectivity index (χ3v) is 3.84. The molecule has 120 valence electrons. The van der Waals surface area contributed by atoms with Crippen LogP contribution in [0, 0.1) is 0 Å². The average molecular weight is 304 g/mol. The second kappa shape index (κ2) is 7.24. The Morgan fingerprint density at radius 2 is 1.76 bits per heavy atom. The molecule has 0 aliphatic heterocycles. The van der Waals surface area contributed by atoms with Crippen molar-refractivity contribution in [2.45, 2.75) is 51.4 Å². The van der Waals surface area contributed by atoms with E-state index in [1.165, 1.54) is 12.1 Å². The van der Waals surface area contributed by atoms with Gasteiger partial charge in [-0.25, -0.2) is 0 Å². The molecule has 6 heteroatoms. The van der Waals surface area contributed by atoms with Crippen LogP contribution in [0.25, 0.3) is 0 Å². The van der Waals surface area contributed by atoms with E-state index in [0.29, 0.717) is 13.0 Å². The van der Waals surface area contributed by atoms with Gasteiger partial charge < -0.3 is 4.74 Å². The predicted molar refractivity (Wildman–Crippen MR) is 76.6 cm³/mol. The number of hydrogen-bond acceptors (Lipinski definition) is 3. The third kappa shape index (κ3) is 4.69. The zero-order valence-corrected chi connectivity index (χ0v) is 12.6. The maximum absolute atomic E-state index is 12.5. The Morgan fingerprint density at radius 3 is 2.14 bits per heavy atom. The lowest BCUT2D eigenvalue weighted by Crippen LogP contribution is -2.54. The van der Waals surface area contributed by atoms with E-state index in [4.69, 9.17) is 10.6 Å². The minimum atomic E-state index is -4.31. The molecule has 2 unspecified atom stereocenters. The van der Waals surface area contributed by atoms with Crippen LogP contribution in [0.5, 0.6) is 0 Å². The molecule has 0 aliphatic carbocycles. The van der Waals surface area contributed by atoms with Crippen molar-refractivity contribution in [2.75, 3.05) is 6.61 Å². The summed E-state index contributed by atoms with van der Waals surface area (Å²) in [6.45, 7) is 6.40. The van der Waals surface area contributed by atoms with E-state index < -0.39 is 17.3 Å². The number of rotatable bonds is 7. The number of nitrogens with two attached hydrogens (primary N) is 1. The van der Waals surface area contributed by atoms with Crippen LogP contribution < -0.4 is 11.3 Å². The molecule has 0 amide bonds. The highest BCUT2D eigenvalue weighted by atomic mass is 19.4. The lowest BCUT2D eigenvalue weighted by Gasteiger charge is -2.36. The summed E-state index contributed by atoms with van der Waals surface area (Å²) in [7, 11) is 0. The number of benzene rings is 1. The number of hydrogen-bond donors (Lipinski definition) is 2. The maximum Gasteiger partial charge on any atom is 0.416 e. The van der Waals surface area contributed by atoms with Crippen molar-refractivity contribution in [1.82, 2.24) is 5.43 Å². The van der Waals surface area contributed by atoms with E-state index in [0.717, 1.165) is 24.1 Å². The fourth-order valence-corrected chi connectivity index (χ4v) is 2.30. The van der Waals surface area contributed by atoms with Crippen molar-refractivity contribution in [3.63, 3.8) is 0 Å². The predicted octanol–water partition coefficient (Wildman–Crippen LogP) is 3.29. The Labute approximate surface area is 123 Å². The summed E-state index contributed by atoms with van der Waals surface area (Å²) < 4.78 is 43.4. The Hall–Kier alpha value is -1.11. The van der Waals surface area contributed by atoms with E-state index in [-0.39, 0.29) is 6.04 Å². The zero-order valence-electron chi connectivity index (χ0n) is 12.6. The lowest BCUT2D eigenvalue weighted by atomic mass is 9.88. The molecule has 0 radical (unpaired) electrons. The van der Waals surface area contributed by atoms with E-state index in [2.05, 4.69) is 5.43 Å². The van der Waals surface area contributed by atoms with Crippen LogP contribution in [-0.4, -0.2) is 18.2 Å². The highest BCUT2D eigenvalue weighted by molar-refractivity contribution is 5.25. The van der Waals surface area contributed by atoms with Gasteiger partial charge in [-0.3, -0.25) is 11.3 Å². The smallest absolute Gasteiger partial charge is 0.374 e. The maximum atomic E-state index is 12.5. The number of alkyl halides is 3. The molecule has 0 saturated heterocycles. The molecular formula is C15H23F3N2O. The Bertz CT molecular complexity index is 434. The summed E-state index contributed by atoms with van der Waals surface area (Å²) in [6, 6.07) is 4.96. The van der Waals surface area contributed by atoms with Gasteiger partial charge in [0.2, 0.25) is 0 Å². The van der Waals surface area contributed by atoms with E-state index >= 15 is 0 Å². The highest BCUT2D eigenvalue weighted by Gasteiger charge is 2.33. The SMILES string of the molecule is CCOC(C)(CC)C(Cc1ccc(C(F)(F)F)cc1)NN. The fraction of sp³-hybridized carbons (Fsp3) is 0.600. The molecular weight excluding hydrogens is 281 g/mol.